The molecule has 1 heterocycles. The molecule has 0 aliphatic carbocycles. The molecule has 1 nitrogen and oxygen atoms in total. The Morgan fingerprint density at radius 2 is 1.61 bits per heavy atom. The molecule has 0 unspecified atom stereocenters. The minimum atomic E-state index is -4.67. The van der Waals surface area contributed by atoms with Crippen molar-refractivity contribution in [1.82, 2.24) is 4.90 Å². The summed E-state index contributed by atoms with van der Waals surface area (Å²) >= 11 is 0. The fourth-order valence-corrected chi connectivity index (χ4v) is 3.80. The molecule has 8 heteroatoms. The number of likely N-dealkylation sites (tertiary alicyclic amines) is 1. The van der Waals surface area contributed by atoms with Crippen LogP contribution in [0.15, 0.2) is 54.6 Å². The van der Waals surface area contributed by atoms with Crippen LogP contribution in [0.2, 0.25) is 0 Å². The average molecular weight is 468 g/mol. The van der Waals surface area contributed by atoms with Crippen LogP contribution in [0.4, 0.5) is 30.7 Å². The number of hydrogen-bond donors (Lipinski definition) is 0. The zero-order valence-corrected chi connectivity index (χ0v) is 17.7. The van der Waals surface area contributed by atoms with Crippen LogP contribution in [-0.4, -0.2) is 11.4 Å². The summed E-state index contributed by atoms with van der Waals surface area (Å²) in [5.74, 6) is 4.73. The Bertz CT molecular complexity index is 1060. The number of benzene rings is 2. The third-order valence-electron chi connectivity index (χ3n) is 5.38. The summed E-state index contributed by atoms with van der Waals surface area (Å²) in [6, 6.07) is 5.23. The summed E-state index contributed by atoms with van der Waals surface area (Å²) in [6.45, 7) is 5.64. The van der Waals surface area contributed by atoms with Crippen molar-refractivity contribution < 1.29 is 30.7 Å². The number of alkyl halides is 6. The topological polar surface area (TPSA) is 3.24 Å². The number of nitrogens with zero attached hydrogens (tertiary/aromatic N) is 1. The lowest BCUT2D eigenvalue weighted by molar-refractivity contribution is -0.138. The van der Waals surface area contributed by atoms with E-state index in [1.807, 2.05) is 6.42 Å². The van der Waals surface area contributed by atoms with E-state index in [4.69, 9.17) is 0 Å². The van der Waals surface area contributed by atoms with E-state index in [9.17, 15) is 30.7 Å². The Labute approximate surface area is 187 Å². The number of piperidine rings is 1. The van der Waals surface area contributed by atoms with E-state index in [2.05, 4.69) is 18.4 Å². The lowest BCUT2D eigenvalue weighted by atomic mass is 9.90. The van der Waals surface area contributed by atoms with E-state index < -0.39 is 41.4 Å². The Morgan fingerprint density at radius 1 is 1.00 bits per heavy atom. The van der Waals surface area contributed by atoms with E-state index >= 15 is 0 Å². The van der Waals surface area contributed by atoms with Crippen molar-refractivity contribution in [2.75, 3.05) is 6.54 Å². The Morgan fingerprint density at radius 3 is 2.18 bits per heavy atom. The smallest absolute Gasteiger partial charge is 0.279 e. The number of halogens is 7. The van der Waals surface area contributed by atoms with Gasteiger partial charge in [-0.05, 0) is 67.7 Å². The molecule has 0 spiro atoms. The largest absolute Gasteiger partial charge is 0.416 e. The molecule has 3 rings (SSSR count). The van der Waals surface area contributed by atoms with Crippen LogP contribution in [-0.2, 0) is 12.4 Å². The standard InChI is InChI=1S/C25H21F7N/c1-16(2)6-13-23(20-15-19(25(30,31)32)11-12-21(20)26)33-14-4-3-5-22(33)17-7-9-18(10-8-17)24(27,28)29/h3,7-12,15,22-23H,1,4-5,14H2,2H3/t22-,23-/m0/s1. The van der Waals surface area contributed by atoms with Gasteiger partial charge in [-0.2, -0.15) is 26.3 Å². The molecule has 0 N–H and O–H groups in total. The van der Waals surface area contributed by atoms with E-state index in [1.54, 1.807) is 11.8 Å². The molecule has 2 atom stereocenters. The summed E-state index contributed by atoms with van der Waals surface area (Å²) in [7, 11) is 0. The molecular formula is C25H21F7N. The van der Waals surface area contributed by atoms with Gasteiger partial charge in [0.1, 0.15) is 11.9 Å². The maximum atomic E-state index is 14.8. The van der Waals surface area contributed by atoms with Gasteiger partial charge in [-0.1, -0.05) is 30.6 Å². The molecule has 0 aromatic heterocycles. The summed E-state index contributed by atoms with van der Waals surface area (Å²) in [5, 5.41) is 0. The Balaban J connectivity index is 2.08. The lowest BCUT2D eigenvalue weighted by Gasteiger charge is -2.40. The molecule has 1 radical (unpaired) electrons. The van der Waals surface area contributed by atoms with E-state index in [1.165, 1.54) is 12.1 Å². The molecule has 1 fully saturated rings. The summed E-state index contributed by atoms with van der Waals surface area (Å²) in [5.41, 5.74) is -1.07. The molecule has 0 bridgehead atoms. The number of hydrogen-bond acceptors (Lipinski definition) is 1. The monoisotopic (exact) mass is 468 g/mol. The van der Waals surface area contributed by atoms with Crippen molar-refractivity contribution in [3.63, 3.8) is 0 Å². The van der Waals surface area contributed by atoms with Crippen LogP contribution < -0.4 is 0 Å². The van der Waals surface area contributed by atoms with Crippen LogP contribution in [0.1, 0.15) is 54.1 Å². The van der Waals surface area contributed by atoms with Crippen LogP contribution in [0.3, 0.4) is 0 Å². The SMILES string of the molecule is C=C(C)C#C[C@@H](c1cc(C(F)(F)F)ccc1F)N1CC[CH]C[C@H]1c1ccc(C(F)(F)F)cc1. The van der Waals surface area contributed by atoms with Crippen LogP contribution >= 0.6 is 0 Å². The van der Waals surface area contributed by atoms with Gasteiger partial charge in [0.25, 0.3) is 0 Å². The maximum absolute atomic E-state index is 14.8. The first kappa shape index (κ1) is 24.8. The minimum Gasteiger partial charge on any atom is -0.279 e. The van der Waals surface area contributed by atoms with E-state index in [0.717, 1.165) is 24.3 Å². The van der Waals surface area contributed by atoms with Gasteiger partial charge in [0.15, 0.2) is 0 Å². The highest BCUT2D eigenvalue weighted by Gasteiger charge is 2.36. The van der Waals surface area contributed by atoms with Crippen LogP contribution in [0.5, 0.6) is 0 Å². The van der Waals surface area contributed by atoms with Gasteiger partial charge in [0.2, 0.25) is 0 Å². The normalized spacial score (nSPS) is 18.4. The predicted molar refractivity (Wildman–Crippen MR) is 111 cm³/mol. The molecule has 1 aliphatic rings. The van der Waals surface area contributed by atoms with Gasteiger partial charge in [0.05, 0.1) is 11.1 Å². The molecule has 1 saturated heterocycles. The van der Waals surface area contributed by atoms with Crippen molar-refractivity contribution in [2.45, 2.75) is 44.2 Å². The second kappa shape index (κ2) is 9.60. The minimum absolute atomic E-state index is 0.239. The van der Waals surface area contributed by atoms with Crippen molar-refractivity contribution in [1.29, 1.82) is 0 Å². The molecule has 0 amide bonds. The second-order valence-corrected chi connectivity index (χ2v) is 7.87. The highest BCUT2D eigenvalue weighted by molar-refractivity contribution is 5.38. The van der Waals surface area contributed by atoms with Gasteiger partial charge < -0.3 is 0 Å². The van der Waals surface area contributed by atoms with Crippen LogP contribution in [0.25, 0.3) is 0 Å². The highest BCUT2D eigenvalue weighted by Crippen LogP contribution is 2.40. The molecule has 1 aliphatic heterocycles. The van der Waals surface area contributed by atoms with Gasteiger partial charge in [0, 0.05) is 18.2 Å². The van der Waals surface area contributed by atoms with Crippen LogP contribution in [0, 0.1) is 24.1 Å². The predicted octanol–water partition coefficient (Wildman–Crippen LogP) is 7.53. The first-order valence-corrected chi connectivity index (χ1v) is 10.2. The summed E-state index contributed by atoms with van der Waals surface area (Å²) < 4.78 is 93.6. The fraction of sp³-hybridized carbons (Fsp3) is 0.320. The molecule has 175 valence electrons. The first-order valence-electron chi connectivity index (χ1n) is 10.2. The van der Waals surface area contributed by atoms with Gasteiger partial charge in [-0.15, -0.1) is 0 Å². The molecule has 33 heavy (non-hydrogen) atoms. The Hall–Kier alpha value is -2.79. The van der Waals surface area contributed by atoms with Gasteiger partial charge in [-0.3, -0.25) is 4.90 Å². The maximum Gasteiger partial charge on any atom is 0.416 e. The van der Waals surface area contributed by atoms with E-state index in [-0.39, 0.29) is 5.56 Å². The zero-order valence-electron chi connectivity index (χ0n) is 17.7. The van der Waals surface area contributed by atoms with Crippen molar-refractivity contribution in [3.8, 4) is 11.8 Å². The summed E-state index contributed by atoms with van der Waals surface area (Å²) in [4.78, 5) is 1.73. The lowest BCUT2D eigenvalue weighted by Crippen LogP contribution is -2.37. The zero-order chi connectivity index (χ0) is 24.4. The fourth-order valence-electron chi connectivity index (χ4n) is 3.80. The first-order chi connectivity index (χ1) is 15.4. The van der Waals surface area contributed by atoms with Gasteiger partial charge >= 0.3 is 12.4 Å². The molecular weight excluding hydrogens is 447 g/mol. The third kappa shape index (κ3) is 5.97. The van der Waals surface area contributed by atoms with E-state index in [0.29, 0.717) is 36.6 Å². The van der Waals surface area contributed by atoms with Crippen molar-refractivity contribution in [3.05, 3.63) is 89.1 Å². The molecule has 2 aromatic rings. The van der Waals surface area contributed by atoms with Crippen molar-refractivity contribution in [2.24, 2.45) is 0 Å². The third-order valence-corrected chi connectivity index (χ3v) is 5.38. The molecule has 0 saturated carbocycles. The van der Waals surface area contributed by atoms with Gasteiger partial charge in [-0.25, -0.2) is 4.39 Å². The second-order valence-electron chi connectivity index (χ2n) is 7.87. The number of rotatable bonds is 3. The highest BCUT2D eigenvalue weighted by atomic mass is 19.4. The van der Waals surface area contributed by atoms with Crippen molar-refractivity contribution >= 4 is 0 Å². The average Bonchev–Trinajstić information content (AvgIpc) is 2.74. The number of allylic oxidation sites excluding steroid dienone is 1. The quantitative estimate of drug-likeness (QED) is 0.333. The molecule has 2 aromatic carbocycles. The Kier molecular flexibility index (Phi) is 7.23. The summed E-state index contributed by atoms with van der Waals surface area (Å²) in [6.07, 6.45) is -6.21.